The average Bonchev–Trinajstić information content (AvgIpc) is 2.82. The van der Waals surface area contributed by atoms with Crippen molar-refractivity contribution in [2.75, 3.05) is 0 Å². The summed E-state index contributed by atoms with van der Waals surface area (Å²) >= 11 is 1.42. The van der Waals surface area contributed by atoms with Crippen molar-refractivity contribution in [3.63, 3.8) is 0 Å². The van der Waals surface area contributed by atoms with Crippen LogP contribution in [0.4, 0.5) is 0 Å². The van der Waals surface area contributed by atoms with Gasteiger partial charge in [-0.2, -0.15) is 0 Å². The summed E-state index contributed by atoms with van der Waals surface area (Å²) in [5, 5.41) is 11.4. The van der Waals surface area contributed by atoms with E-state index in [1.807, 2.05) is 12.1 Å². The summed E-state index contributed by atoms with van der Waals surface area (Å²) < 4.78 is 0. The molecule has 0 spiro atoms. The standard InChI is InChI=1S/C15H17NO2S/c1-10-6-4-5-7-11(10)8-15(2,3)14-16-12(9-19-14)13(17)18/h4-7,9H,8H2,1-3H3,(H,17,18). The van der Waals surface area contributed by atoms with E-state index in [9.17, 15) is 4.79 Å². The van der Waals surface area contributed by atoms with Crippen molar-refractivity contribution in [1.29, 1.82) is 0 Å². The van der Waals surface area contributed by atoms with Gasteiger partial charge in [0.15, 0.2) is 5.69 Å². The molecule has 2 rings (SSSR count). The van der Waals surface area contributed by atoms with Gasteiger partial charge >= 0.3 is 5.97 Å². The van der Waals surface area contributed by atoms with Crippen molar-refractivity contribution in [2.24, 2.45) is 0 Å². The molecule has 1 heterocycles. The summed E-state index contributed by atoms with van der Waals surface area (Å²) in [5.41, 5.74) is 2.51. The maximum atomic E-state index is 10.9. The Morgan fingerprint density at radius 2 is 2.05 bits per heavy atom. The predicted octanol–water partition coefficient (Wildman–Crippen LogP) is 3.67. The molecule has 0 aliphatic heterocycles. The maximum absolute atomic E-state index is 10.9. The second kappa shape index (κ2) is 5.13. The smallest absolute Gasteiger partial charge is 0.355 e. The zero-order chi connectivity index (χ0) is 14.0. The van der Waals surface area contributed by atoms with Gasteiger partial charge in [-0.1, -0.05) is 38.1 Å². The molecular weight excluding hydrogens is 258 g/mol. The molecule has 0 fully saturated rings. The fourth-order valence-electron chi connectivity index (χ4n) is 2.04. The van der Waals surface area contributed by atoms with E-state index >= 15 is 0 Å². The van der Waals surface area contributed by atoms with Crippen LogP contribution in [0.5, 0.6) is 0 Å². The second-order valence-electron chi connectivity index (χ2n) is 5.33. The van der Waals surface area contributed by atoms with Crippen molar-refractivity contribution < 1.29 is 9.90 Å². The Labute approximate surface area is 116 Å². The molecule has 100 valence electrons. The van der Waals surface area contributed by atoms with E-state index in [1.165, 1.54) is 22.5 Å². The first-order valence-corrected chi connectivity index (χ1v) is 7.02. The lowest BCUT2D eigenvalue weighted by Gasteiger charge is -2.23. The highest BCUT2D eigenvalue weighted by molar-refractivity contribution is 7.10. The Balaban J connectivity index is 2.26. The minimum Gasteiger partial charge on any atom is -0.476 e. The van der Waals surface area contributed by atoms with E-state index in [0.29, 0.717) is 0 Å². The first-order valence-electron chi connectivity index (χ1n) is 6.14. The fourth-order valence-corrected chi connectivity index (χ4v) is 2.96. The summed E-state index contributed by atoms with van der Waals surface area (Å²) in [6.45, 7) is 6.30. The third kappa shape index (κ3) is 3.01. The summed E-state index contributed by atoms with van der Waals surface area (Å²) in [5.74, 6) is -0.964. The molecule has 0 amide bonds. The number of carboxylic acid groups (broad SMARTS) is 1. The van der Waals surface area contributed by atoms with E-state index < -0.39 is 5.97 Å². The SMILES string of the molecule is Cc1ccccc1CC(C)(C)c1nc(C(=O)O)cs1. The Bertz CT molecular complexity index is 602. The van der Waals surface area contributed by atoms with Gasteiger partial charge in [0.2, 0.25) is 0 Å². The molecule has 3 nitrogen and oxygen atoms in total. The number of aryl methyl sites for hydroxylation is 1. The Kier molecular flexibility index (Phi) is 3.71. The monoisotopic (exact) mass is 275 g/mol. The van der Waals surface area contributed by atoms with Crippen molar-refractivity contribution in [1.82, 2.24) is 4.98 Å². The molecule has 0 radical (unpaired) electrons. The molecule has 0 saturated carbocycles. The Morgan fingerprint density at radius 1 is 1.37 bits per heavy atom. The van der Waals surface area contributed by atoms with Crippen LogP contribution in [0, 0.1) is 6.92 Å². The molecule has 0 atom stereocenters. The van der Waals surface area contributed by atoms with Gasteiger partial charge in [0, 0.05) is 10.8 Å². The number of benzene rings is 1. The molecule has 19 heavy (non-hydrogen) atoms. The average molecular weight is 275 g/mol. The lowest BCUT2D eigenvalue weighted by Crippen LogP contribution is -2.21. The molecule has 1 aromatic heterocycles. The molecule has 4 heteroatoms. The number of hydrogen-bond donors (Lipinski definition) is 1. The van der Waals surface area contributed by atoms with Gasteiger partial charge in [0.1, 0.15) is 0 Å². The second-order valence-corrected chi connectivity index (χ2v) is 6.19. The summed E-state index contributed by atoms with van der Waals surface area (Å²) in [6, 6.07) is 8.26. The first kappa shape index (κ1) is 13.7. The highest BCUT2D eigenvalue weighted by atomic mass is 32.1. The van der Waals surface area contributed by atoms with Gasteiger partial charge in [-0.3, -0.25) is 0 Å². The van der Waals surface area contributed by atoms with Crippen LogP contribution in [0.15, 0.2) is 29.6 Å². The number of carboxylic acids is 1. The zero-order valence-corrected chi connectivity index (χ0v) is 12.1. The molecule has 0 unspecified atom stereocenters. The van der Waals surface area contributed by atoms with Gasteiger partial charge in [0.05, 0.1) is 5.01 Å². The number of aromatic carboxylic acids is 1. The van der Waals surface area contributed by atoms with Gasteiger partial charge in [0.25, 0.3) is 0 Å². The van der Waals surface area contributed by atoms with Crippen LogP contribution < -0.4 is 0 Å². The third-order valence-corrected chi connectivity index (χ3v) is 4.40. The normalized spacial score (nSPS) is 11.5. The van der Waals surface area contributed by atoms with E-state index in [2.05, 4.69) is 37.9 Å². The number of carbonyl (C=O) groups is 1. The molecule has 1 aromatic carbocycles. The minimum absolute atomic E-state index is 0.137. The summed E-state index contributed by atoms with van der Waals surface area (Å²) in [6.07, 6.45) is 0.853. The minimum atomic E-state index is -0.964. The van der Waals surface area contributed by atoms with Crippen LogP contribution in [0.1, 0.15) is 40.5 Å². The Morgan fingerprint density at radius 3 is 2.63 bits per heavy atom. The van der Waals surface area contributed by atoms with Crippen LogP contribution in [-0.2, 0) is 11.8 Å². The van der Waals surface area contributed by atoms with Gasteiger partial charge in [-0.15, -0.1) is 11.3 Å². The van der Waals surface area contributed by atoms with Crippen molar-refractivity contribution >= 4 is 17.3 Å². The number of aromatic nitrogens is 1. The summed E-state index contributed by atoms with van der Waals surface area (Å²) in [7, 11) is 0. The predicted molar refractivity (Wildman–Crippen MR) is 77.0 cm³/mol. The molecule has 0 aliphatic rings. The first-order chi connectivity index (χ1) is 8.90. The van der Waals surface area contributed by atoms with Gasteiger partial charge < -0.3 is 5.11 Å². The number of hydrogen-bond acceptors (Lipinski definition) is 3. The van der Waals surface area contributed by atoms with Crippen LogP contribution in [0.2, 0.25) is 0 Å². The van der Waals surface area contributed by atoms with E-state index in [-0.39, 0.29) is 11.1 Å². The van der Waals surface area contributed by atoms with Crippen molar-refractivity contribution in [3.8, 4) is 0 Å². The van der Waals surface area contributed by atoms with E-state index in [4.69, 9.17) is 5.11 Å². The molecule has 0 aliphatic carbocycles. The molecule has 1 N–H and O–H groups in total. The summed E-state index contributed by atoms with van der Waals surface area (Å²) in [4.78, 5) is 15.1. The van der Waals surface area contributed by atoms with Crippen LogP contribution in [-0.4, -0.2) is 16.1 Å². The molecular formula is C15H17NO2S. The number of thiazole rings is 1. The lowest BCUT2D eigenvalue weighted by atomic mass is 9.85. The quantitative estimate of drug-likeness (QED) is 0.926. The molecule has 0 bridgehead atoms. The zero-order valence-electron chi connectivity index (χ0n) is 11.3. The Hall–Kier alpha value is -1.68. The van der Waals surface area contributed by atoms with Gasteiger partial charge in [-0.25, -0.2) is 9.78 Å². The maximum Gasteiger partial charge on any atom is 0.355 e. The van der Waals surface area contributed by atoms with Crippen LogP contribution in [0.3, 0.4) is 0 Å². The number of rotatable bonds is 4. The van der Waals surface area contributed by atoms with Crippen molar-refractivity contribution in [2.45, 2.75) is 32.6 Å². The van der Waals surface area contributed by atoms with Gasteiger partial charge in [-0.05, 0) is 24.5 Å². The van der Waals surface area contributed by atoms with Crippen LogP contribution in [0.25, 0.3) is 0 Å². The fraction of sp³-hybridized carbons (Fsp3) is 0.333. The van der Waals surface area contributed by atoms with E-state index in [1.54, 1.807) is 5.38 Å². The molecule has 0 saturated heterocycles. The van der Waals surface area contributed by atoms with Crippen molar-refractivity contribution in [3.05, 3.63) is 51.5 Å². The molecule has 2 aromatic rings. The topological polar surface area (TPSA) is 50.2 Å². The third-order valence-electron chi connectivity index (χ3n) is 3.20. The largest absolute Gasteiger partial charge is 0.476 e. The number of nitrogens with zero attached hydrogens (tertiary/aromatic N) is 1. The highest BCUT2D eigenvalue weighted by Crippen LogP contribution is 2.31. The highest BCUT2D eigenvalue weighted by Gasteiger charge is 2.26. The lowest BCUT2D eigenvalue weighted by molar-refractivity contribution is 0.0691. The van der Waals surface area contributed by atoms with Crippen LogP contribution >= 0.6 is 11.3 Å². The van der Waals surface area contributed by atoms with E-state index in [0.717, 1.165) is 11.4 Å².